The summed E-state index contributed by atoms with van der Waals surface area (Å²) in [5.41, 5.74) is 11.3. The van der Waals surface area contributed by atoms with Gasteiger partial charge in [-0.2, -0.15) is 0 Å². The van der Waals surface area contributed by atoms with Crippen LogP contribution in [0.1, 0.15) is 0 Å². The van der Waals surface area contributed by atoms with Gasteiger partial charge in [-0.3, -0.25) is 0 Å². The maximum Gasteiger partial charge on any atom is 0.291 e. The van der Waals surface area contributed by atoms with Crippen LogP contribution >= 0.6 is 0 Å². The molecule has 1 aliphatic heterocycles. The zero-order valence-electron chi connectivity index (χ0n) is 13.4. The number of pyridine rings is 1. The van der Waals surface area contributed by atoms with E-state index in [2.05, 4.69) is 26.8 Å². The molecule has 0 spiro atoms. The van der Waals surface area contributed by atoms with Gasteiger partial charge in [-0.05, 0) is 19.2 Å². The van der Waals surface area contributed by atoms with Crippen molar-refractivity contribution < 1.29 is 20.6 Å². The third kappa shape index (κ3) is 11.8. The highest BCUT2D eigenvalue weighted by Gasteiger charge is 2.14. The standard InChI is InChI=1S/C11H18N6.2HNO3/c1-16-4-6-17(7-5-16)10-3-2-9(8-14-10)15-11(12)13;2*2-1(3)4/h2-3,8H,4-7H2,1H3,(H4,12,13,15);2*(H,2,3,4). The van der Waals surface area contributed by atoms with Gasteiger partial charge >= 0.3 is 0 Å². The predicted octanol–water partition coefficient (Wildman–Crippen LogP) is -0.957. The fraction of sp³-hybridized carbons (Fsp3) is 0.455. The number of piperazine rings is 1. The summed E-state index contributed by atoms with van der Waals surface area (Å²) in [6, 6.07) is 3.83. The minimum atomic E-state index is -1.50. The summed E-state index contributed by atoms with van der Waals surface area (Å²) in [6.45, 7) is 4.14. The Morgan fingerprint density at radius 1 is 1.16 bits per heavy atom. The minimum absolute atomic E-state index is 0.0548. The van der Waals surface area contributed by atoms with Crippen molar-refractivity contribution in [2.24, 2.45) is 16.5 Å². The fourth-order valence-corrected chi connectivity index (χ4v) is 1.82. The van der Waals surface area contributed by atoms with Crippen molar-refractivity contribution in [2.45, 2.75) is 0 Å². The number of anilines is 1. The maximum absolute atomic E-state index is 8.36. The van der Waals surface area contributed by atoms with E-state index < -0.39 is 10.2 Å². The molecule has 1 saturated heterocycles. The van der Waals surface area contributed by atoms with Crippen molar-refractivity contribution in [2.75, 3.05) is 38.1 Å². The molecular formula is C11H20N8O6. The van der Waals surface area contributed by atoms with E-state index in [1.807, 2.05) is 12.1 Å². The van der Waals surface area contributed by atoms with Gasteiger partial charge in [0.15, 0.2) is 5.96 Å². The molecule has 14 heteroatoms. The van der Waals surface area contributed by atoms with Gasteiger partial charge in [0.1, 0.15) is 5.82 Å². The molecule has 25 heavy (non-hydrogen) atoms. The monoisotopic (exact) mass is 360 g/mol. The summed E-state index contributed by atoms with van der Waals surface area (Å²) in [5.74, 6) is 1.03. The second-order valence-electron chi connectivity index (χ2n) is 4.68. The lowest BCUT2D eigenvalue weighted by Crippen LogP contribution is -2.44. The summed E-state index contributed by atoms with van der Waals surface area (Å²) in [4.78, 5) is 29.6. The summed E-state index contributed by atoms with van der Waals surface area (Å²) in [6.07, 6.45) is 1.69. The van der Waals surface area contributed by atoms with Crippen molar-refractivity contribution in [3.05, 3.63) is 38.6 Å². The van der Waals surface area contributed by atoms with Crippen molar-refractivity contribution >= 4 is 17.5 Å². The Labute approximate surface area is 142 Å². The van der Waals surface area contributed by atoms with E-state index >= 15 is 0 Å². The molecule has 2 rings (SSSR count). The van der Waals surface area contributed by atoms with Gasteiger partial charge in [-0.15, -0.1) is 20.2 Å². The molecular weight excluding hydrogens is 340 g/mol. The number of nitrogens with two attached hydrogens (primary N) is 2. The topological polar surface area (TPSA) is 211 Å². The van der Waals surface area contributed by atoms with E-state index in [-0.39, 0.29) is 5.96 Å². The van der Waals surface area contributed by atoms with Gasteiger partial charge < -0.3 is 31.7 Å². The minimum Gasteiger partial charge on any atom is -0.370 e. The molecule has 0 aliphatic carbocycles. The summed E-state index contributed by atoms with van der Waals surface area (Å²) >= 11 is 0. The lowest BCUT2D eigenvalue weighted by atomic mass is 10.3. The van der Waals surface area contributed by atoms with Gasteiger partial charge in [-0.1, -0.05) is 0 Å². The average molecular weight is 360 g/mol. The SMILES string of the molecule is CN1CCN(c2ccc(N=C(N)N)cn2)CC1.O=[N+]([O-])O.O=[N+]([O-])O. The first-order chi connectivity index (χ1) is 11.6. The second kappa shape index (κ2) is 11.2. The summed E-state index contributed by atoms with van der Waals surface area (Å²) in [5, 5.41) is 27.3. The van der Waals surface area contributed by atoms with Gasteiger partial charge in [0, 0.05) is 26.2 Å². The van der Waals surface area contributed by atoms with Crippen molar-refractivity contribution in [1.82, 2.24) is 9.88 Å². The van der Waals surface area contributed by atoms with Crippen LogP contribution in [-0.4, -0.2) is 69.7 Å². The second-order valence-corrected chi connectivity index (χ2v) is 4.68. The Morgan fingerprint density at radius 3 is 2.00 bits per heavy atom. The number of likely N-dealkylation sites (N-methyl/N-ethyl adjacent to an activating group) is 1. The molecule has 140 valence electrons. The highest BCUT2D eigenvalue weighted by Crippen LogP contribution is 2.17. The highest BCUT2D eigenvalue weighted by molar-refractivity contribution is 5.78. The molecule has 14 nitrogen and oxygen atoms in total. The van der Waals surface area contributed by atoms with Crippen LogP contribution in [0.4, 0.5) is 11.5 Å². The maximum atomic E-state index is 8.36. The first-order valence-corrected chi connectivity index (χ1v) is 6.77. The molecule has 0 amide bonds. The summed E-state index contributed by atoms with van der Waals surface area (Å²) in [7, 11) is 2.13. The van der Waals surface area contributed by atoms with Gasteiger partial charge in [-0.25, -0.2) is 9.98 Å². The Bertz CT molecular complexity index is 548. The van der Waals surface area contributed by atoms with Gasteiger partial charge in [0.2, 0.25) is 0 Å². The smallest absolute Gasteiger partial charge is 0.291 e. The molecule has 1 aromatic rings. The quantitative estimate of drug-likeness (QED) is 0.218. The molecule has 0 atom stereocenters. The highest BCUT2D eigenvalue weighted by atomic mass is 16.9. The Kier molecular flexibility index (Phi) is 9.64. The van der Waals surface area contributed by atoms with Crippen LogP contribution in [0.25, 0.3) is 0 Å². The van der Waals surface area contributed by atoms with E-state index in [1.165, 1.54) is 0 Å². The third-order valence-electron chi connectivity index (χ3n) is 2.82. The lowest BCUT2D eigenvalue weighted by Gasteiger charge is -2.33. The molecule has 2 heterocycles. The van der Waals surface area contributed by atoms with Crippen LogP contribution in [0.2, 0.25) is 0 Å². The largest absolute Gasteiger partial charge is 0.370 e. The van der Waals surface area contributed by atoms with Crippen LogP contribution in [0, 0.1) is 20.2 Å². The molecule has 1 aliphatic rings. The number of aromatic nitrogens is 1. The normalized spacial score (nSPS) is 13.4. The van der Waals surface area contributed by atoms with Crippen molar-refractivity contribution in [1.29, 1.82) is 0 Å². The Balaban J connectivity index is 0.000000609. The van der Waals surface area contributed by atoms with Crippen LogP contribution in [0.3, 0.4) is 0 Å². The number of hydrogen-bond donors (Lipinski definition) is 4. The zero-order valence-corrected chi connectivity index (χ0v) is 13.4. The number of hydrogen-bond acceptors (Lipinski definition) is 8. The molecule has 0 aromatic carbocycles. The van der Waals surface area contributed by atoms with Crippen molar-refractivity contribution in [3.63, 3.8) is 0 Å². The van der Waals surface area contributed by atoms with Crippen molar-refractivity contribution in [3.8, 4) is 0 Å². The Hall–Kier alpha value is -3.42. The molecule has 1 aromatic heterocycles. The molecule has 0 saturated carbocycles. The number of aliphatic imine (C=N–C) groups is 1. The Morgan fingerprint density at radius 2 is 1.64 bits per heavy atom. The molecule has 1 fully saturated rings. The van der Waals surface area contributed by atoms with Crippen LogP contribution in [0.15, 0.2) is 23.3 Å². The van der Waals surface area contributed by atoms with Gasteiger partial charge in [0.25, 0.3) is 10.2 Å². The van der Waals surface area contributed by atoms with E-state index in [0.717, 1.165) is 32.0 Å². The predicted molar refractivity (Wildman–Crippen MR) is 87.0 cm³/mol. The first-order valence-electron chi connectivity index (χ1n) is 6.77. The van der Waals surface area contributed by atoms with E-state index in [4.69, 9.17) is 42.1 Å². The number of guanidine groups is 1. The third-order valence-corrected chi connectivity index (χ3v) is 2.82. The fourth-order valence-electron chi connectivity index (χ4n) is 1.82. The average Bonchev–Trinajstić information content (AvgIpc) is 2.47. The van der Waals surface area contributed by atoms with E-state index in [0.29, 0.717) is 5.69 Å². The zero-order chi connectivity index (χ0) is 19.4. The lowest BCUT2D eigenvalue weighted by molar-refractivity contribution is -0.742. The molecule has 0 bridgehead atoms. The molecule has 0 radical (unpaired) electrons. The van der Waals surface area contributed by atoms with Gasteiger partial charge in [0.05, 0.1) is 11.9 Å². The molecule has 0 unspecified atom stereocenters. The van der Waals surface area contributed by atoms with Crippen LogP contribution in [0.5, 0.6) is 0 Å². The number of rotatable bonds is 2. The van der Waals surface area contributed by atoms with Crippen LogP contribution in [-0.2, 0) is 0 Å². The van der Waals surface area contributed by atoms with Crippen LogP contribution < -0.4 is 16.4 Å². The van der Waals surface area contributed by atoms with E-state index in [9.17, 15) is 0 Å². The first kappa shape index (κ1) is 21.6. The van der Waals surface area contributed by atoms with E-state index in [1.54, 1.807) is 6.20 Å². The number of nitrogens with zero attached hydrogens (tertiary/aromatic N) is 6. The molecule has 6 N–H and O–H groups in total. The summed E-state index contributed by atoms with van der Waals surface area (Å²) < 4.78 is 0.